The molecule has 206 valence electrons. The molecule has 1 aromatic carbocycles. The lowest BCUT2D eigenvalue weighted by Gasteiger charge is -2.20. The van der Waals surface area contributed by atoms with Gasteiger partial charge in [0.1, 0.15) is 6.10 Å². The third kappa shape index (κ3) is 8.67. The van der Waals surface area contributed by atoms with Gasteiger partial charge < -0.3 is 19.5 Å². The van der Waals surface area contributed by atoms with Crippen LogP contribution in [0.2, 0.25) is 5.02 Å². The number of pyridine rings is 1. The summed E-state index contributed by atoms with van der Waals surface area (Å²) in [4.78, 5) is 40.5. The first-order chi connectivity index (χ1) is 18.2. The van der Waals surface area contributed by atoms with Crippen molar-refractivity contribution in [2.45, 2.75) is 56.4 Å². The third-order valence-corrected chi connectivity index (χ3v) is 7.33. The number of amides is 2. The highest BCUT2D eigenvalue weighted by Crippen LogP contribution is 2.22. The minimum atomic E-state index is -4.35. The van der Waals surface area contributed by atoms with Crippen LogP contribution in [0.3, 0.4) is 0 Å². The summed E-state index contributed by atoms with van der Waals surface area (Å²) >= 11 is 6.09. The van der Waals surface area contributed by atoms with Crippen LogP contribution in [-0.4, -0.2) is 57.2 Å². The Bertz CT molecular complexity index is 1230. The van der Waals surface area contributed by atoms with Crippen molar-refractivity contribution in [2.75, 3.05) is 19.8 Å². The van der Waals surface area contributed by atoms with Gasteiger partial charge in [-0.25, -0.2) is 22.9 Å². The van der Waals surface area contributed by atoms with E-state index in [-0.39, 0.29) is 33.0 Å². The minimum absolute atomic E-state index is 0.0540. The Kier molecular flexibility index (Phi) is 10.9. The van der Waals surface area contributed by atoms with E-state index in [1.54, 1.807) is 0 Å². The standard InChI is InChI=1S/C25H30ClN3O8S/c1-2-35-14-6-13-27-24(31)20-15-19(10-11-21(20)26)38(33,34)29-23(30)17-9-12-22(28-16-17)37-25(32)36-18-7-4-3-5-8-18/h9-12,15-16,18H,2-8,13-14H2,1H3,(H,27,31)(H,29,30). The van der Waals surface area contributed by atoms with Crippen LogP contribution in [0.25, 0.3) is 0 Å². The van der Waals surface area contributed by atoms with E-state index in [0.717, 1.165) is 44.4 Å². The average molecular weight is 568 g/mol. The van der Waals surface area contributed by atoms with Gasteiger partial charge in [-0.1, -0.05) is 18.0 Å². The Morgan fingerprint density at radius 2 is 1.84 bits per heavy atom. The lowest BCUT2D eigenvalue weighted by Crippen LogP contribution is -2.31. The van der Waals surface area contributed by atoms with Gasteiger partial charge in [-0.15, -0.1) is 0 Å². The number of hydrogen-bond acceptors (Lipinski definition) is 9. The molecular formula is C25H30ClN3O8S. The van der Waals surface area contributed by atoms with Gasteiger partial charge in [0.15, 0.2) is 0 Å². The van der Waals surface area contributed by atoms with Crippen LogP contribution in [-0.2, 0) is 19.5 Å². The molecule has 2 aromatic rings. The number of benzene rings is 1. The van der Waals surface area contributed by atoms with Gasteiger partial charge in [-0.3, -0.25) is 9.59 Å². The van der Waals surface area contributed by atoms with Crippen molar-refractivity contribution in [3.05, 3.63) is 52.7 Å². The zero-order valence-corrected chi connectivity index (χ0v) is 22.5. The molecule has 1 aliphatic carbocycles. The summed E-state index contributed by atoms with van der Waals surface area (Å²) in [7, 11) is -4.35. The summed E-state index contributed by atoms with van der Waals surface area (Å²) < 4.78 is 43.0. The Morgan fingerprint density at radius 3 is 2.53 bits per heavy atom. The number of nitrogens with one attached hydrogen (secondary N) is 2. The van der Waals surface area contributed by atoms with Crippen LogP contribution in [0.1, 0.15) is 66.2 Å². The summed E-state index contributed by atoms with van der Waals surface area (Å²) in [6.07, 6.45) is 5.22. The van der Waals surface area contributed by atoms with Crippen molar-refractivity contribution in [3.8, 4) is 5.88 Å². The maximum atomic E-state index is 12.8. The Morgan fingerprint density at radius 1 is 1.08 bits per heavy atom. The van der Waals surface area contributed by atoms with Crippen LogP contribution in [0.4, 0.5) is 4.79 Å². The third-order valence-electron chi connectivity index (χ3n) is 5.68. The van der Waals surface area contributed by atoms with Gasteiger partial charge in [0.05, 0.1) is 21.0 Å². The van der Waals surface area contributed by atoms with Gasteiger partial charge in [0, 0.05) is 32.0 Å². The molecule has 0 saturated heterocycles. The van der Waals surface area contributed by atoms with E-state index < -0.39 is 28.0 Å². The second kappa shape index (κ2) is 14.1. The Labute approximate surface area is 226 Å². The fraction of sp³-hybridized carbons (Fsp3) is 0.440. The summed E-state index contributed by atoms with van der Waals surface area (Å²) in [6, 6.07) is 6.03. The highest BCUT2D eigenvalue weighted by atomic mass is 35.5. The molecule has 0 bridgehead atoms. The molecule has 0 spiro atoms. The van der Waals surface area contributed by atoms with Gasteiger partial charge in [-0.05, 0) is 63.3 Å². The maximum absolute atomic E-state index is 12.8. The van der Waals surface area contributed by atoms with Crippen molar-refractivity contribution in [1.29, 1.82) is 0 Å². The van der Waals surface area contributed by atoms with Crippen molar-refractivity contribution in [2.24, 2.45) is 0 Å². The van der Waals surface area contributed by atoms with E-state index in [1.165, 1.54) is 24.3 Å². The predicted molar refractivity (Wildman–Crippen MR) is 138 cm³/mol. The Hall–Kier alpha value is -3.22. The first-order valence-corrected chi connectivity index (χ1v) is 14.1. The molecule has 2 amide bonds. The topological polar surface area (TPSA) is 150 Å². The first kappa shape index (κ1) is 29.3. The summed E-state index contributed by atoms with van der Waals surface area (Å²) in [5.41, 5.74) is -0.149. The van der Waals surface area contributed by atoms with E-state index in [2.05, 4.69) is 10.3 Å². The van der Waals surface area contributed by atoms with Crippen LogP contribution < -0.4 is 14.8 Å². The second-order valence-corrected chi connectivity index (χ2v) is 10.6. The smallest absolute Gasteiger partial charge is 0.431 e. The second-order valence-electron chi connectivity index (χ2n) is 8.50. The predicted octanol–water partition coefficient (Wildman–Crippen LogP) is 3.86. The lowest BCUT2D eigenvalue weighted by atomic mass is 9.98. The number of hydrogen-bond donors (Lipinski definition) is 2. The number of aromatic nitrogens is 1. The molecule has 1 heterocycles. The van der Waals surface area contributed by atoms with E-state index >= 15 is 0 Å². The van der Waals surface area contributed by atoms with Crippen LogP contribution >= 0.6 is 11.6 Å². The number of carbonyl (C=O) groups is 3. The van der Waals surface area contributed by atoms with E-state index in [4.69, 9.17) is 25.8 Å². The van der Waals surface area contributed by atoms with Crippen molar-refractivity contribution < 1.29 is 37.0 Å². The summed E-state index contributed by atoms with van der Waals surface area (Å²) in [5, 5.41) is 2.70. The van der Waals surface area contributed by atoms with Gasteiger partial charge in [0.25, 0.3) is 21.8 Å². The summed E-state index contributed by atoms with van der Waals surface area (Å²) in [5.74, 6) is -1.62. The molecule has 0 unspecified atom stereocenters. The van der Waals surface area contributed by atoms with E-state index in [9.17, 15) is 22.8 Å². The highest BCUT2D eigenvalue weighted by molar-refractivity contribution is 7.90. The normalized spacial score (nSPS) is 13.9. The zero-order chi connectivity index (χ0) is 27.5. The Balaban J connectivity index is 1.59. The van der Waals surface area contributed by atoms with E-state index in [0.29, 0.717) is 26.2 Å². The van der Waals surface area contributed by atoms with Crippen LogP contribution in [0.15, 0.2) is 41.4 Å². The molecule has 0 atom stereocenters. The number of carbonyl (C=O) groups excluding carboxylic acids is 3. The molecule has 13 heteroatoms. The molecule has 1 fully saturated rings. The van der Waals surface area contributed by atoms with E-state index in [1.807, 2.05) is 11.6 Å². The number of nitrogens with zero attached hydrogens (tertiary/aromatic N) is 1. The van der Waals surface area contributed by atoms with Gasteiger partial charge in [0.2, 0.25) is 5.88 Å². The fourth-order valence-corrected chi connectivity index (χ4v) is 4.91. The van der Waals surface area contributed by atoms with Crippen LogP contribution in [0.5, 0.6) is 5.88 Å². The molecule has 38 heavy (non-hydrogen) atoms. The fourth-order valence-electron chi connectivity index (χ4n) is 3.70. The minimum Gasteiger partial charge on any atom is -0.431 e. The largest absolute Gasteiger partial charge is 0.515 e. The lowest BCUT2D eigenvalue weighted by molar-refractivity contribution is 0.0407. The van der Waals surface area contributed by atoms with Gasteiger partial charge >= 0.3 is 6.16 Å². The quantitative estimate of drug-likeness (QED) is 0.305. The molecule has 3 rings (SSSR count). The molecule has 0 radical (unpaired) electrons. The summed E-state index contributed by atoms with van der Waals surface area (Å²) in [6.45, 7) is 3.21. The molecule has 0 aliphatic heterocycles. The number of rotatable bonds is 11. The molecule has 1 saturated carbocycles. The number of sulfonamides is 1. The van der Waals surface area contributed by atoms with Crippen molar-refractivity contribution in [3.63, 3.8) is 0 Å². The highest BCUT2D eigenvalue weighted by Gasteiger charge is 2.23. The van der Waals surface area contributed by atoms with Crippen molar-refractivity contribution >= 4 is 39.6 Å². The molecule has 2 N–H and O–H groups in total. The van der Waals surface area contributed by atoms with Crippen molar-refractivity contribution in [1.82, 2.24) is 15.0 Å². The van der Waals surface area contributed by atoms with Gasteiger partial charge in [-0.2, -0.15) is 0 Å². The average Bonchev–Trinajstić information content (AvgIpc) is 2.89. The molecular weight excluding hydrogens is 538 g/mol. The molecule has 1 aliphatic rings. The molecule has 1 aromatic heterocycles. The number of halogens is 1. The van der Waals surface area contributed by atoms with Crippen LogP contribution in [0, 0.1) is 0 Å². The zero-order valence-electron chi connectivity index (χ0n) is 20.9. The monoisotopic (exact) mass is 567 g/mol. The SMILES string of the molecule is CCOCCCNC(=O)c1cc(S(=O)(=O)NC(=O)c2ccc(OC(=O)OC3CCCCC3)nc2)ccc1Cl. The first-order valence-electron chi connectivity index (χ1n) is 12.3. The molecule has 11 nitrogen and oxygen atoms in total. The number of ether oxygens (including phenoxy) is 3. The maximum Gasteiger partial charge on any atom is 0.515 e.